The van der Waals surface area contributed by atoms with E-state index < -0.39 is 29.2 Å². The molecule has 0 aliphatic heterocycles. The van der Waals surface area contributed by atoms with Gasteiger partial charge in [-0.1, -0.05) is 42.5 Å². The summed E-state index contributed by atoms with van der Waals surface area (Å²) in [6.07, 6.45) is 1.42. The Bertz CT molecular complexity index is 950. The summed E-state index contributed by atoms with van der Waals surface area (Å²) in [6, 6.07) is 12.8. The molecule has 0 aliphatic rings. The topological polar surface area (TPSA) is 116 Å². The van der Waals surface area contributed by atoms with Gasteiger partial charge in [0.05, 0.1) is 4.92 Å². The maximum absolute atomic E-state index is 12.3. The van der Waals surface area contributed by atoms with Crippen LogP contribution in [0.4, 0.5) is 5.69 Å². The fourth-order valence-corrected chi connectivity index (χ4v) is 2.32. The summed E-state index contributed by atoms with van der Waals surface area (Å²) in [7, 11) is 0. The molecule has 0 saturated heterocycles. The largest absolute Gasteiger partial charge is 0.453 e. The van der Waals surface area contributed by atoms with Gasteiger partial charge in [-0.15, -0.1) is 0 Å². The van der Waals surface area contributed by atoms with Gasteiger partial charge in [-0.3, -0.25) is 19.7 Å². The van der Waals surface area contributed by atoms with Crippen molar-refractivity contribution >= 4 is 29.4 Å². The van der Waals surface area contributed by atoms with Crippen molar-refractivity contribution in [2.24, 2.45) is 0 Å². The molecule has 0 aromatic heterocycles. The van der Waals surface area contributed by atoms with Gasteiger partial charge in [-0.05, 0) is 18.6 Å². The molecule has 28 heavy (non-hydrogen) atoms. The molecule has 1 amide bonds. The van der Waals surface area contributed by atoms with Crippen LogP contribution in [-0.2, 0) is 14.3 Å². The van der Waals surface area contributed by atoms with Gasteiger partial charge in [0.15, 0.2) is 6.61 Å². The molecule has 8 nitrogen and oxygen atoms in total. The summed E-state index contributed by atoms with van der Waals surface area (Å²) in [5.41, 5.74) is 0.806. The Morgan fingerprint density at radius 3 is 2.43 bits per heavy atom. The predicted octanol–water partition coefficient (Wildman–Crippen LogP) is 2.81. The highest BCUT2D eigenvalue weighted by Gasteiger charge is 2.18. The zero-order valence-electron chi connectivity index (χ0n) is 15.3. The molecule has 0 radical (unpaired) electrons. The third-order valence-corrected chi connectivity index (χ3v) is 3.70. The van der Waals surface area contributed by atoms with Gasteiger partial charge in [0.2, 0.25) is 11.7 Å². The van der Waals surface area contributed by atoms with Gasteiger partial charge in [0.1, 0.15) is 5.70 Å². The summed E-state index contributed by atoms with van der Waals surface area (Å²) in [5, 5.41) is 13.4. The van der Waals surface area contributed by atoms with Gasteiger partial charge in [0, 0.05) is 24.1 Å². The number of hydrogen-bond acceptors (Lipinski definition) is 6. The van der Waals surface area contributed by atoms with Gasteiger partial charge < -0.3 is 10.1 Å². The lowest BCUT2D eigenvalue weighted by Crippen LogP contribution is -2.27. The molecule has 0 aliphatic carbocycles. The zero-order chi connectivity index (χ0) is 20.7. The molecule has 0 atom stereocenters. The SMILES string of the molecule is CC(=O)N/C(=C\c1ccccc1)C(=O)OCC(=O)c1ccc(C)c([N+](=O)[O-])c1. The van der Waals surface area contributed by atoms with Crippen molar-refractivity contribution < 1.29 is 24.0 Å². The average molecular weight is 382 g/mol. The Labute approximate surface area is 161 Å². The number of esters is 1. The first kappa shape index (κ1) is 20.5. The maximum atomic E-state index is 12.3. The Balaban J connectivity index is 2.13. The van der Waals surface area contributed by atoms with Gasteiger partial charge in [-0.25, -0.2) is 4.79 Å². The summed E-state index contributed by atoms with van der Waals surface area (Å²) in [4.78, 5) is 46.3. The normalized spacial score (nSPS) is 10.9. The first-order chi connectivity index (χ1) is 13.3. The number of rotatable bonds is 7. The number of aryl methyl sites for hydroxylation is 1. The summed E-state index contributed by atoms with van der Waals surface area (Å²) in [5.74, 6) is -1.97. The Morgan fingerprint density at radius 1 is 1.14 bits per heavy atom. The van der Waals surface area contributed by atoms with E-state index in [4.69, 9.17) is 4.74 Å². The third-order valence-electron chi connectivity index (χ3n) is 3.70. The van der Waals surface area contributed by atoms with Crippen molar-refractivity contribution in [2.45, 2.75) is 13.8 Å². The minimum absolute atomic E-state index is 0.0539. The number of nitrogens with zero attached hydrogens (tertiary/aromatic N) is 1. The lowest BCUT2D eigenvalue weighted by molar-refractivity contribution is -0.385. The van der Waals surface area contributed by atoms with Crippen LogP contribution in [0.1, 0.15) is 28.4 Å². The number of carbonyl (C=O) groups is 3. The van der Waals surface area contributed by atoms with E-state index in [1.54, 1.807) is 37.3 Å². The first-order valence-electron chi connectivity index (χ1n) is 8.27. The van der Waals surface area contributed by atoms with Crippen LogP contribution >= 0.6 is 0 Å². The van der Waals surface area contributed by atoms with Crippen LogP contribution in [0.3, 0.4) is 0 Å². The molecule has 2 aromatic rings. The van der Waals surface area contributed by atoms with Crippen molar-refractivity contribution in [2.75, 3.05) is 6.61 Å². The van der Waals surface area contributed by atoms with Crippen LogP contribution < -0.4 is 5.32 Å². The van der Waals surface area contributed by atoms with E-state index in [9.17, 15) is 24.5 Å². The number of benzene rings is 2. The van der Waals surface area contributed by atoms with Crippen LogP contribution in [0.2, 0.25) is 0 Å². The van der Waals surface area contributed by atoms with E-state index >= 15 is 0 Å². The number of carbonyl (C=O) groups excluding carboxylic acids is 3. The number of Topliss-reactive ketones (excluding diaryl/α,β-unsaturated/α-hetero) is 1. The monoisotopic (exact) mass is 382 g/mol. The number of hydrogen-bond donors (Lipinski definition) is 1. The average Bonchev–Trinajstić information content (AvgIpc) is 2.66. The second kappa shape index (κ2) is 9.22. The molecule has 0 heterocycles. The highest BCUT2D eigenvalue weighted by Crippen LogP contribution is 2.19. The fourth-order valence-electron chi connectivity index (χ4n) is 2.32. The van der Waals surface area contributed by atoms with Crippen LogP contribution in [0.5, 0.6) is 0 Å². The molecule has 0 unspecified atom stereocenters. The molecule has 0 fully saturated rings. The number of nitro benzene ring substituents is 1. The quantitative estimate of drug-likeness (QED) is 0.259. The minimum atomic E-state index is -0.894. The van der Waals surface area contributed by atoms with Crippen molar-refractivity contribution in [3.63, 3.8) is 0 Å². The fraction of sp³-hybridized carbons (Fsp3) is 0.150. The molecule has 144 valence electrons. The second-order valence-corrected chi connectivity index (χ2v) is 5.91. The molecule has 8 heteroatoms. The van der Waals surface area contributed by atoms with Gasteiger partial charge in [-0.2, -0.15) is 0 Å². The van der Waals surface area contributed by atoms with E-state index in [-0.39, 0.29) is 16.9 Å². The van der Waals surface area contributed by atoms with Crippen LogP contribution in [0.25, 0.3) is 6.08 Å². The second-order valence-electron chi connectivity index (χ2n) is 5.91. The van der Waals surface area contributed by atoms with E-state index in [0.717, 1.165) is 6.07 Å². The number of nitro groups is 1. The first-order valence-corrected chi connectivity index (χ1v) is 8.27. The number of ether oxygens (including phenoxy) is 1. The van der Waals surface area contributed by atoms with E-state index in [1.807, 2.05) is 0 Å². The third kappa shape index (κ3) is 5.60. The van der Waals surface area contributed by atoms with Crippen LogP contribution in [0, 0.1) is 17.0 Å². The molecule has 0 bridgehead atoms. The molecule has 2 aromatic carbocycles. The summed E-state index contributed by atoms with van der Waals surface area (Å²) < 4.78 is 4.98. The van der Waals surface area contributed by atoms with E-state index in [2.05, 4.69) is 5.32 Å². The maximum Gasteiger partial charge on any atom is 0.355 e. The lowest BCUT2D eigenvalue weighted by Gasteiger charge is -2.09. The van der Waals surface area contributed by atoms with Crippen molar-refractivity contribution in [3.05, 3.63) is 81.0 Å². The van der Waals surface area contributed by atoms with Gasteiger partial charge in [0.25, 0.3) is 5.69 Å². The molecule has 0 saturated carbocycles. The Morgan fingerprint density at radius 2 is 1.82 bits per heavy atom. The van der Waals surface area contributed by atoms with Gasteiger partial charge >= 0.3 is 5.97 Å². The van der Waals surface area contributed by atoms with Crippen LogP contribution in [0.15, 0.2) is 54.2 Å². The summed E-state index contributed by atoms with van der Waals surface area (Å²) in [6.45, 7) is 2.17. The van der Waals surface area contributed by atoms with Crippen LogP contribution in [-0.4, -0.2) is 29.2 Å². The Hall–Kier alpha value is -3.81. The molecule has 1 N–H and O–H groups in total. The number of nitrogens with one attached hydrogen (secondary N) is 1. The molecular weight excluding hydrogens is 364 g/mol. The Kier molecular flexibility index (Phi) is 6.75. The van der Waals surface area contributed by atoms with E-state index in [1.165, 1.54) is 25.1 Å². The summed E-state index contributed by atoms with van der Waals surface area (Å²) >= 11 is 0. The number of ketones is 1. The van der Waals surface area contributed by atoms with E-state index in [0.29, 0.717) is 11.1 Å². The van der Waals surface area contributed by atoms with Crippen molar-refractivity contribution in [1.29, 1.82) is 0 Å². The highest BCUT2D eigenvalue weighted by atomic mass is 16.6. The molecule has 2 rings (SSSR count). The zero-order valence-corrected chi connectivity index (χ0v) is 15.3. The highest BCUT2D eigenvalue weighted by molar-refractivity contribution is 6.01. The molecule has 0 spiro atoms. The van der Waals surface area contributed by atoms with Crippen molar-refractivity contribution in [1.82, 2.24) is 5.32 Å². The molecular formula is C20H18N2O6. The predicted molar refractivity (Wildman–Crippen MR) is 101 cm³/mol. The lowest BCUT2D eigenvalue weighted by atomic mass is 10.1. The number of amides is 1. The van der Waals surface area contributed by atoms with Crippen molar-refractivity contribution in [3.8, 4) is 0 Å². The minimum Gasteiger partial charge on any atom is -0.453 e. The smallest absolute Gasteiger partial charge is 0.355 e. The standard InChI is InChI=1S/C20H18N2O6/c1-13-8-9-16(11-18(13)22(26)27)19(24)12-28-20(25)17(21-14(2)23)10-15-6-4-3-5-7-15/h3-11H,12H2,1-2H3,(H,21,23)/b17-10-.